The minimum atomic E-state index is -0.168. The van der Waals surface area contributed by atoms with Crippen LogP contribution in [0.2, 0.25) is 0 Å². The molecule has 1 saturated heterocycles. The molecule has 0 aliphatic carbocycles. The van der Waals surface area contributed by atoms with Gasteiger partial charge in [-0.05, 0) is 31.8 Å². The molecule has 1 aliphatic rings. The fourth-order valence-corrected chi connectivity index (χ4v) is 4.61. The Balaban J connectivity index is 0.00000196. The van der Waals surface area contributed by atoms with Gasteiger partial charge in [0.15, 0.2) is 5.13 Å². The first kappa shape index (κ1) is 19.0. The fourth-order valence-electron chi connectivity index (χ4n) is 2.84. The summed E-state index contributed by atoms with van der Waals surface area (Å²) in [7, 11) is 1.85. The van der Waals surface area contributed by atoms with Crippen LogP contribution >= 0.6 is 35.1 Å². The van der Waals surface area contributed by atoms with E-state index in [9.17, 15) is 4.79 Å². The Kier molecular flexibility index (Phi) is 6.02. The van der Waals surface area contributed by atoms with Gasteiger partial charge in [0.1, 0.15) is 9.88 Å². The second kappa shape index (κ2) is 8.26. The zero-order chi connectivity index (χ0) is 17.2. The van der Waals surface area contributed by atoms with E-state index in [1.165, 1.54) is 16.2 Å². The zero-order valence-corrected chi connectivity index (χ0v) is 16.6. The highest BCUT2D eigenvalue weighted by Crippen LogP contribution is 2.32. The number of hydrogen-bond acceptors (Lipinski definition) is 7. The number of nitrogens with zero attached hydrogens (tertiary/aromatic N) is 4. The molecule has 3 aromatic rings. The second-order valence-electron chi connectivity index (χ2n) is 5.98. The summed E-state index contributed by atoms with van der Waals surface area (Å²) < 4.78 is 1.72. The van der Waals surface area contributed by atoms with Crippen LogP contribution in [0.15, 0.2) is 24.8 Å². The first-order chi connectivity index (χ1) is 12.2. The molecule has 0 spiro atoms. The molecule has 4 heterocycles. The number of anilines is 1. The Hall–Kier alpha value is -1.81. The molecule has 0 saturated carbocycles. The highest BCUT2D eigenvalue weighted by Gasteiger charge is 2.19. The van der Waals surface area contributed by atoms with Crippen LogP contribution in [-0.2, 0) is 7.05 Å². The smallest absolute Gasteiger partial charge is 0.269 e. The van der Waals surface area contributed by atoms with Crippen LogP contribution in [0.1, 0.15) is 33.3 Å². The molecule has 1 fully saturated rings. The molecule has 0 atom stereocenters. The van der Waals surface area contributed by atoms with Crippen LogP contribution in [0.3, 0.4) is 0 Å². The summed E-state index contributed by atoms with van der Waals surface area (Å²) in [5, 5.41) is 11.8. The number of aryl methyl sites for hydroxylation is 1. The number of aromatic nitrogens is 4. The van der Waals surface area contributed by atoms with Crippen molar-refractivity contribution in [3.63, 3.8) is 0 Å². The van der Waals surface area contributed by atoms with E-state index in [2.05, 4.69) is 25.7 Å². The average molecular weight is 411 g/mol. The van der Waals surface area contributed by atoms with E-state index in [1.807, 2.05) is 19.4 Å². The van der Waals surface area contributed by atoms with Gasteiger partial charge in [-0.25, -0.2) is 9.97 Å². The first-order valence-electron chi connectivity index (χ1n) is 8.11. The van der Waals surface area contributed by atoms with Gasteiger partial charge < -0.3 is 5.32 Å². The number of piperidine rings is 1. The van der Waals surface area contributed by atoms with Crippen molar-refractivity contribution in [3.05, 3.63) is 34.5 Å². The molecule has 0 bridgehead atoms. The largest absolute Gasteiger partial charge is 0.317 e. The van der Waals surface area contributed by atoms with Crippen molar-refractivity contribution in [2.75, 3.05) is 18.4 Å². The molecule has 7 nitrogen and oxygen atoms in total. The summed E-state index contributed by atoms with van der Waals surface area (Å²) in [6.45, 7) is 2.09. The number of rotatable bonds is 4. The van der Waals surface area contributed by atoms with E-state index < -0.39 is 0 Å². The minimum absolute atomic E-state index is 0. The number of halogens is 1. The van der Waals surface area contributed by atoms with Gasteiger partial charge in [0.05, 0.1) is 12.4 Å². The molecule has 4 rings (SSSR count). The quantitative estimate of drug-likeness (QED) is 0.690. The van der Waals surface area contributed by atoms with Crippen molar-refractivity contribution < 1.29 is 4.79 Å². The van der Waals surface area contributed by atoms with Gasteiger partial charge in [-0.2, -0.15) is 5.10 Å². The average Bonchev–Trinajstić information content (AvgIpc) is 3.35. The molecule has 10 heteroatoms. The van der Waals surface area contributed by atoms with E-state index in [0.717, 1.165) is 36.5 Å². The molecule has 0 aromatic carbocycles. The van der Waals surface area contributed by atoms with Crippen LogP contribution in [-0.4, -0.2) is 38.7 Å². The molecule has 2 N–H and O–H groups in total. The van der Waals surface area contributed by atoms with Crippen LogP contribution in [0.5, 0.6) is 0 Å². The lowest BCUT2D eigenvalue weighted by molar-refractivity contribution is 0.103. The van der Waals surface area contributed by atoms with Gasteiger partial charge in [0, 0.05) is 29.9 Å². The Labute approximate surface area is 165 Å². The van der Waals surface area contributed by atoms with Crippen LogP contribution in [0.4, 0.5) is 5.13 Å². The highest BCUT2D eigenvalue weighted by molar-refractivity contribution is 7.17. The van der Waals surface area contributed by atoms with Crippen molar-refractivity contribution in [3.8, 4) is 10.6 Å². The molecule has 1 aliphatic heterocycles. The van der Waals surface area contributed by atoms with Crippen molar-refractivity contribution in [1.82, 2.24) is 25.1 Å². The molecule has 1 amide bonds. The Morgan fingerprint density at radius 2 is 2.04 bits per heavy atom. The molecule has 3 aromatic heterocycles. The van der Waals surface area contributed by atoms with Gasteiger partial charge in [-0.3, -0.25) is 14.8 Å². The third kappa shape index (κ3) is 4.12. The molecule has 26 heavy (non-hydrogen) atoms. The number of carbonyl (C=O) groups excluding carboxylic acids is 1. The van der Waals surface area contributed by atoms with Crippen molar-refractivity contribution in [1.29, 1.82) is 0 Å². The van der Waals surface area contributed by atoms with Crippen molar-refractivity contribution >= 4 is 46.1 Å². The number of amides is 1. The monoisotopic (exact) mass is 410 g/mol. The van der Waals surface area contributed by atoms with E-state index in [-0.39, 0.29) is 18.3 Å². The number of hydrogen-bond donors (Lipinski definition) is 2. The van der Waals surface area contributed by atoms with Crippen LogP contribution in [0.25, 0.3) is 10.6 Å². The van der Waals surface area contributed by atoms with Gasteiger partial charge in [0.2, 0.25) is 0 Å². The molecule has 0 radical (unpaired) electrons. The van der Waals surface area contributed by atoms with E-state index in [1.54, 1.807) is 28.4 Å². The highest BCUT2D eigenvalue weighted by atomic mass is 35.5. The molecular weight excluding hydrogens is 392 g/mol. The van der Waals surface area contributed by atoms with Gasteiger partial charge in [-0.15, -0.1) is 35.1 Å². The van der Waals surface area contributed by atoms with E-state index in [0.29, 0.717) is 15.9 Å². The summed E-state index contributed by atoms with van der Waals surface area (Å²) in [5.74, 6) is 0.379. The van der Waals surface area contributed by atoms with Gasteiger partial charge in [-0.1, -0.05) is 0 Å². The maximum Gasteiger partial charge on any atom is 0.269 e. The lowest BCUT2D eigenvalue weighted by atomic mass is 9.97. The third-order valence-electron chi connectivity index (χ3n) is 4.17. The van der Waals surface area contributed by atoms with Crippen molar-refractivity contribution in [2.45, 2.75) is 18.8 Å². The number of carbonyl (C=O) groups is 1. The van der Waals surface area contributed by atoms with E-state index >= 15 is 0 Å². The van der Waals surface area contributed by atoms with Gasteiger partial charge in [0.25, 0.3) is 5.91 Å². The summed E-state index contributed by atoms with van der Waals surface area (Å²) in [5.41, 5.74) is 0.911. The number of thiazole rings is 2. The van der Waals surface area contributed by atoms with Crippen molar-refractivity contribution in [2.24, 2.45) is 7.05 Å². The Morgan fingerprint density at radius 3 is 2.77 bits per heavy atom. The van der Waals surface area contributed by atoms with E-state index in [4.69, 9.17) is 0 Å². The zero-order valence-electron chi connectivity index (χ0n) is 14.1. The third-order valence-corrected chi connectivity index (χ3v) is 6.29. The molecule has 0 unspecified atom stereocenters. The topological polar surface area (TPSA) is 84.7 Å². The Bertz CT molecular complexity index is 883. The Morgan fingerprint density at radius 1 is 1.23 bits per heavy atom. The molecular formula is C16H19ClN6OS2. The standard InChI is InChI=1S/C16H18N6OS2.ClH/c1-22-9-11(6-20-22)15-18-8-13(24-15)14(23)21-16-19-7-12(25-16)10-2-4-17-5-3-10;/h6-10,17H,2-5H2,1H3,(H,19,21,23);1H. The normalized spacial score (nSPS) is 14.8. The lowest BCUT2D eigenvalue weighted by Gasteiger charge is -2.20. The van der Waals surface area contributed by atoms with Gasteiger partial charge >= 0.3 is 0 Å². The maximum absolute atomic E-state index is 12.4. The maximum atomic E-state index is 12.4. The van der Waals surface area contributed by atoms with Crippen LogP contribution < -0.4 is 10.6 Å². The molecule has 138 valence electrons. The second-order valence-corrected chi connectivity index (χ2v) is 8.07. The van der Waals surface area contributed by atoms with Crippen LogP contribution in [0, 0.1) is 0 Å². The fraction of sp³-hybridized carbons (Fsp3) is 0.375. The predicted octanol–water partition coefficient (Wildman–Crippen LogP) is 3.14. The summed E-state index contributed by atoms with van der Waals surface area (Å²) in [6.07, 6.45) is 9.37. The lowest BCUT2D eigenvalue weighted by Crippen LogP contribution is -2.26. The summed E-state index contributed by atoms with van der Waals surface area (Å²) in [4.78, 5) is 22.9. The summed E-state index contributed by atoms with van der Waals surface area (Å²) >= 11 is 2.92. The SMILES string of the molecule is Cl.Cn1cc(-c2ncc(C(=O)Nc3ncc(C4CCNCC4)s3)s2)cn1. The first-order valence-corrected chi connectivity index (χ1v) is 9.75. The summed E-state index contributed by atoms with van der Waals surface area (Å²) in [6, 6.07) is 0. The predicted molar refractivity (Wildman–Crippen MR) is 106 cm³/mol. The minimum Gasteiger partial charge on any atom is -0.317 e. The number of nitrogens with one attached hydrogen (secondary N) is 2.